The molecule has 0 spiro atoms. The fourth-order valence-corrected chi connectivity index (χ4v) is 3.58. The van der Waals surface area contributed by atoms with Gasteiger partial charge in [0.25, 0.3) is 0 Å². The Hall–Kier alpha value is -1.10. The minimum atomic E-state index is -0.472. The van der Waals surface area contributed by atoms with E-state index < -0.39 is 6.10 Å². The summed E-state index contributed by atoms with van der Waals surface area (Å²) in [6.07, 6.45) is 4.79. The topological polar surface area (TPSA) is 41.9 Å². The maximum absolute atomic E-state index is 10.5. The third-order valence-corrected chi connectivity index (χ3v) is 4.73. The summed E-state index contributed by atoms with van der Waals surface area (Å²) in [6, 6.07) is 8.20. The number of aliphatic hydroxyl groups is 1. The van der Waals surface area contributed by atoms with Crippen LogP contribution in [0.3, 0.4) is 0 Å². The largest absolute Gasteiger partial charge is 0.497 e. The van der Waals surface area contributed by atoms with Crippen LogP contribution in [0, 0.1) is 0 Å². The molecule has 0 radical (unpaired) electrons. The van der Waals surface area contributed by atoms with Gasteiger partial charge in [0, 0.05) is 19.1 Å². The molecule has 1 aliphatic carbocycles. The molecular weight excluding hydrogens is 266 g/mol. The summed E-state index contributed by atoms with van der Waals surface area (Å²) in [7, 11) is 1.65. The van der Waals surface area contributed by atoms with Crippen LogP contribution in [0.2, 0.25) is 0 Å². The minimum Gasteiger partial charge on any atom is -0.497 e. The van der Waals surface area contributed by atoms with E-state index in [0.717, 1.165) is 30.9 Å². The van der Waals surface area contributed by atoms with Gasteiger partial charge in [-0.05, 0) is 30.5 Å². The first kappa shape index (κ1) is 14.8. The van der Waals surface area contributed by atoms with Gasteiger partial charge in [-0.15, -0.1) is 0 Å². The molecule has 2 fully saturated rings. The summed E-state index contributed by atoms with van der Waals surface area (Å²) in [5.74, 6) is 0.795. The molecule has 1 saturated carbocycles. The van der Waals surface area contributed by atoms with Crippen molar-refractivity contribution in [2.75, 3.05) is 26.8 Å². The number of rotatable bonds is 4. The molecule has 0 bridgehead atoms. The van der Waals surface area contributed by atoms with E-state index in [0.29, 0.717) is 18.7 Å². The molecule has 1 heterocycles. The highest BCUT2D eigenvalue weighted by atomic mass is 16.5. The van der Waals surface area contributed by atoms with Crippen molar-refractivity contribution in [2.24, 2.45) is 0 Å². The van der Waals surface area contributed by atoms with Crippen molar-refractivity contribution >= 4 is 0 Å². The van der Waals surface area contributed by atoms with Crippen molar-refractivity contribution in [3.63, 3.8) is 0 Å². The highest BCUT2D eigenvalue weighted by Gasteiger charge is 2.34. The minimum absolute atomic E-state index is 0.366. The quantitative estimate of drug-likeness (QED) is 0.925. The number of fused-ring (bicyclic) bond motifs is 1. The smallest absolute Gasteiger partial charge is 0.119 e. The van der Waals surface area contributed by atoms with Crippen molar-refractivity contribution in [1.82, 2.24) is 4.90 Å². The maximum Gasteiger partial charge on any atom is 0.119 e. The lowest BCUT2D eigenvalue weighted by Crippen LogP contribution is -2.53. The number of methoxy groups -OCH3 is 1. The van der Waals surface area contributed by atoms with Crippen LogP contribution in [0.15, 0.2) is 24.3 Å². The summed E-state index contributed by atoms with van der Waals surface area (Å²) in [5, 5.41) is 10.5. The molecule has 1 aliphatic heterocycles. The first-order valence-corrected chi connectivity index (χ1v) is 7.95. The monoisotopic (exact) mass is 291 g/mol. The van der Waals surface area contributed by atoms with Crippen LogP contribution in [0.4, 0.5) is 0 Å². The normalized spacial score (nSPS) is 27.9. The van der Waals surface area contributed by atoms with Crippen molar-refractivity contribution in [2.45, 2.75) is 43.9 Å². The van der Waals surface area contributed by atoms with Gasteiger partial charge in [0.2, 0.25) is 0 Å². The third kappa shape index (κ3) is 3.39. The predicted molar refractivity (Wildman–Crippen MR) is 81.5 cm³/mol. The van der Waals surface area contributed by atoms with Crippen LogP contribution in [0.25, 0.3) is 0 Å². The van der Waals surface area contributed by atoms with Gasteiger partial charge in [-0.3, -0.25) is 4.90 Å². The molecule has 3 rings (SSSR count). The molecule has 3 atom stereocenters. The van der Waals surface area contributed by atoms with E-state index in [2.05, 4.69) is 4.90 Å². The van der Waals surface area contributed by atoms with Crippen LogP contribution in [0.5, 0.6) is 5.75 Å². The molecule has 1 saturated heterocycles. The van der Waals surface area contributed by atoms with E-state index in [-0.39, 0.29) is 0 Å². The summed E-state index contributed by atoms with van der Waals surface area (Å²) < 4.78 is 11.1. The number of ether oxygens (including phenoxy) is 2. The zero-order valence-corrected chi connectivity index (χ0v) is 12.7. The number of aliphatic hydroxyl groups excluding tert-OH is 1. The van der Waals surface area contributed by atoms with Crippen LogP contribution >= 0.6 is 0 Å². The van der Waals surface area contributed by atoms with Crippen LogP contribution in [-0.2, 0) is 4.74 Å². The summed E-state index contributed by atoms with van der Waals surface area (Å²) in [6.45, 7) is 2.38. The lowest BCUT2D eigenvalue weighted by atomic mass is 9.89. The third-order valence-electron chi connectivity index (χ3n) is 4.73. The summed E-state index contributed by atoms with van der Waals surface area (Å²) in [4.78, 5) is 2.41. The van der Waals surface area contributed by atoms with E-state index in [1.807, 2.05) is 24.3 Å². The highest BCUT2D eigenvalue weighted by molar-refractivity contribution is 5.30. The van der Waals surface area contributed by atoms with E-state index in [1.54, 1.807) is 7.11 Å². The lowest BCUT2D eigenvalue weighted by Gasteiger charge is -2.44. The van der Waals surface area contributed by atoms with Crippen molar-refractivity contribution < 1.29 is 14.6 Å². The van der Waals surface area contributed by atoms with Gasteiger partial charge in [-0.2, -0.15) is 0 Å². The molecular formula is C17H25NO3. The molecule has 21 heavy (non-hydrogen) atoms. The predicted octanol–water partition coefficient (Wildman–Crippen LogP) is 2.37. The van der Waals surface area contributed by atoms with Crippen LogP contribution in [0.1, 0.15) is 37.4 Å². The average Bonchev–Trinajstić information content (AvgIpc) is 2.55. The SMILES string of the molecule is COc1cccc(C(O)CN2CCOC3CCCCC32)c1. The van der Waals surface area contributed by atoms with Gasteiger partial charge in [0.15, 0.2) is 0 Å². The molecule has 116 valence electrons. The second-order valence-electron chi connectivity index (χ2n) is 6.05. The van der Waals surface area contributed by atoms with Crippen LogP contribution < -0.4 is 4.74 Å². The standard InChI is InChI=1S/C17H25NO3/c1-20-14-6-4-5-13(11-14)16(19)12-18-9-10-21-17-8-3-2-7-15(17)18/h4-6,11,15-17,19H,2-3,7-10,12H2,1H3. The first-order chi connectivity index (χ1) is 10.3. The Morgan fingerprint density at radius 2 is 2.24 bits per heavy atom. The number of hydrogen-bond acceptors (Lipinski definition) is 4. The van der Waals surface area contributed by atoms with Gasteiger partial charge < -0.3 is 14.6 Å². The van der Waals surface area contributed by atoms with Crippen molar-refractivity contribution in [1.29, 1.82) is 0 Å². The molecule has 1 aromatic carbocycles. The van der Waals surface area contributed by atoms with Gasteiger partial charge in [0.05, 0.1) is 25.9 Å². The molecule has 3 unspecified atom stereocenters. The number of hydrogen-bond donors (Lipinski definition) is 1. The number of benzene rings is 1. The fraction of sp³-hybridized carbons (Fsp3) is 0.647. The van der Waals surface area contributed by atoms with E-state index in [4.69, 9.17) is 9.47 Å². The van der Waals surface area contributed by atoms with Crippen molar-refractivity contribution in [3.05, 3.63) is 29.8 Å². The Kier molecular flexibility index (Phi) is 4.78. The molecule has 4 nitrogen and oxygen atoms in total. The Morgan fingerprint density at radius 3 is 3.10 bits per heavy atom. The highest BCUT2D eigenvalue weighted by Crippen LogP contribution is 2.30. The first-order valence-electron chi connectivity index (χ1n) is 7.95. The van der Waals surface area contributed by atoms with Gasteiger partial charge in [0.1, 0.15) is 5.75 Å². The number of β-amino-alcohol motifs (C(OH)–C–C–N with tert-alkyl or cyclic N) is 1. The van der Waals surface area contributed by atoms with Crippen LogP contribution in [-0.4, -0.2) is 49.0 Å². The number of nitrogens with zero attached hydrogens (tertiary/aromatic N) is 1. The van der Waals surface area contributed by atoms with E-state index in [1.165, 1.54) is 19.3 Å². The van der Waals surface area contributed by atoms with E-state index >= 15 is 0 Å². The van der Waals surface area contributed by atoms with Crippen molar-refractivity contribution in [3.8, 4) is 5.75 Å². The maximum atomic E-state index is 10.5. The zero-order valence-electron chi connectivity index (χ0n) is 12.7. The molecule has 4 heteroatoms. The van der Waals surface area contributed by atoms with E-state index in [9.17, 15) is 5.11 Å². The van der Waals surface area contributed by atoms with Gasteiger partial charge in [-0.25, -0.2) is 0 Å². The Morgan fingerprint density at radius 1 is 1.38 bits per heavy atom. The molecule has 0 amide bonds. The zero-order chi connectivity index (χ0) is 14.7. The molecule has 1 aromatic rings. The molecule has 2 aliphatic rings. The lowest BCUT2D eigenvalue weighted by molar-refractivity contribution is -0.0975. The number of morpholine rings is 1. The average molecular weight is 291 g/mol. The summed E-state index contributed by atoms with van der Waals surface area (Å²) in [5.41, 5.74) is 0.924. The Bertz CT molecular complexity index is 463. The fourth-order valence-electron chi connectivity index (χ4n) is 3.58. The second-order valence-corrected chi connectivity index (χ2v) is 6.05. The second kappa shape index (κ2) is 6.77. The van der Waals surface area contributed by atoms with Gasteiger partial charge in [-0.1, -0.05) is 25.0 Å². The summed E-state index contributed by atoms with van der Waals surface area (Å²) >= 11 is 0. The van der Waals surface area contributed by atoms with Gasteiger partial charge >= 0.3 is 0 Å². The Balaban J connectivity index is 1.66. The molecule has 1 N–H and O–H groups in total. The molecule has 0 aromatic heterocycles. The Labute approximate surface area is 126 Å².